The summed E-state index contributed by atoms with van der Waals surface area (Å²) >= 11 is 0. The molecule has 0 radical (unpaired) electrons. The number of carbonyl (C=O) groups is 1. The summed E-state index contributed by atoms with van der Waals surface area (Å²) in [5.41, 5.74) is -0.985. The lowest BCUT2D eigenvalue weighted by Crippen LogP contribution is -2.45. The Morgan fingerprint density at radius 2 is 2.00 bits per heavy atom. The van der Waals surface area contributed by atoms with Crippen LogP contribution in [-0.4, -0.2) is 56.6 Å². The molecule has 1 fully saturated rings. The average Bonchev–Trinajstić information content (AvgIpc) is 3.01. The second kappa shape index (κ2) is 5.91. The summed E-state index contributed by atoms with van der Waals surface area (Å²) in [6.07, 6.45) is -2.01. The molecule has 0 saturated carbocycles. The predicted octanol–water partition coefficient (Wildman–Crippen LogP) is 1.59. The molecule has 10 heteroatoms. The molecule has 3 rings (SSSR count). The summed E-state index contributed by atoms with van der Waals surface area (Å²) in [7, 11) is 1.74. The Balaban J connectivity index is 1.88. The van der Waals surface area contributed by atoms with E-state index in [0.29, 0.717) is 31.7 Å². The van der Waals surface area contributed by atoms with Gasteiger partial charge in [-0.2, -0.15) is 27.8 Å². The zero-order valence-electron chi connectivity index (χ0n) is 13.3. The van der Waals surface area contributed by atoms with Crippen molar-refractivity contribution in [1.82, 2.24) is 24.5 Å². The molecule has 130 valence electrons. The van der Waals surface area contributed by atoms with Crippen molar-refractivity contribution >= 4 is 17.5 Å². The number of amides is 1. The number of anilines is 1. The van der Waals surface area contributed by atoms with E-state index in [-0.39, 0.29) is 17.7 Å². The van der Waals surface area contributed by atoms with Gasteiger partial charge < -0.3 is 9.80 Å². The smallest absolute Gasteiger partial charge is 0.356 e. The Morgan fingerprint density at radius 1 is 1.33 bits per heavy atom. The lowest BCUT2D eigenvalue weighted by molar-refractivity contribution is -0.141. The minimum absolute atomic E-state index is 0.0182. The van der Waals surface area contributed by atoms with Gasteiger partial charge in [-0.3, -0.25) is 4.79 Å². The van der Waals surface area contributed by atoms with Crippen LogP contribution in [0.2, 0.25) is 0 Å². The van der Waals surface area contributed by atoms with Crippen LogP contribution >= 0.6 is 0 Å². The third kappa shape index (κ3) is 3.00. The summed E-state index contributed by atoms with van der Waals surface area (Å²) in [6, 6.07) is 1.09. The van der Waals surface area contributed by atoms with E-state index in [9.17, 15) is 18.0 Å². The van der Waals surface area contributed by atoms with Crippen molar-refractivity contribution in [2.24, 2.45) is 0 Å². The fraction of sp³-hybridized carbons (Fsp3) is 0.571. The van der Waals surface area contributed by atoms with Gasteiger partial charge in [-0.15, -0.1) is 0 Å². The van der Waals surface area contributed by atoms with E-state index in [1.807, 2.05) is 4.90 Å². The number of fused-ring (bicyclic) bond motifs is 1. The Hall–Kier alpha value is -2.39. The molecule has 2 aromatic rings. The first-order valence-corrected chi connectivity index (χ1v) is 7.53. The van der Waals surface area contributed by atoms with Crippen molar-refractivity contribution in [3.63, 3.8) is 0 Å². The van der Waals surface area contributed by atoms with Gasteiger partial charge >= 0.3 is 6.18 Å². The van der Waals surface area contributed by atoms with Crippen LogP contribution in [0.1, 0.15) is 25.5 Å². The van der Waals surface area contributed by atoms with Crippen LogP contribution in [0.4, 0.5) is 19.0 Å². The molecule has 0 atom stereocenters. The van der Waals surface area contributed by atoms with Gasteiger partial charge in [0.25, 0.3) is 5.78 Å². The minimum Gasteiger partial charge on any atom is -0.356 e. The highest BCUT2D eigenvalue weighted by Gasteiger charge is 2.35. The second-order valence-electron chi connectivity index (χ2n) is 5.82. The zero-order valence-corrected chi connectivity index (χ0v) is 13.3. The van der Waals surface area contributed by atoms with Gasteiger partial charge in [0, 0.05) is 39.2 Å². The van der Waals surface area contributed by atoms with Crippen molar-refractivity contribution < 1.29 is 18.0 Å². The van der Waals surface area contributed by atoms with Gasteiger partial charge in [0.15, 0.2) is 5.69 Å². The van der Waals surface area contributed by atoms with E-state index in [1.54, 1.807) is 11.9 Å². The van der Waals surface area contributed by atoms with Crippen LogP contribution in [0.5, 0.6) is 0 Å². The Labute approximate surface area is 136 Å². The van der Waals surface area contributed by atoms with Gasteiger partial charge in [0.05, 0.1) is 0 Å². The maximum absolute atomic E-state index is 13.0. The number of aromatic nitrogens is 4. The number of rotatable bonds is 2. The second-order valence-corrected chi connectivity index (χ2v) is 5.82. The van der Waals surface area contributed by atoms with E-state index in [0.717, 1.165) is 6.07 Å². The molecule has 1 aliphatic heterocycles. The Bertz CT molecular complexity index is 751. The molecule has 3 heterocycles. The molecular weight excluding hydrogens is 325 g/mol. The monoisotopic (exact) mass is 342 g/mol. The van der Waals surface area contributed by atoms with Crippen LogP contribution in [0.25, 0.3) is 5.78 Å². The molecule has 2 aromatic heterocycles. The van der Waals surface area contributed by atoms with E-state index in [2.05, 4.69) is 15.1 Å². The lowest BCUT2D eigenvalue weighted by Gasteiger charge is -2.37. The van der Waals surface area contributed by atoms with Crippen molar-refractivity contribution in [2.75, 3.05) is 25.0 Å². The quantitative estimate of drug-likeness (QED) is 0.829. The summed E-state index contributed by atoms with van der Waals surface area (Å²) in [5, 5.41) is 3.97. The van der Waals surface area contributed by atoms with Crippen molar-refractivity contribution in [3.8, 4) is 0 Å². The van der Waals surface area contributed by atoms with E-state index in [1.165, 1.54) is 17.8 Å². The average molecular weight is 342 g/mol. The first-order chi connectivity index (χ1) is 11.3. The zero-order chi connectivity index (χ0) is 17.5. The molecule has 0 bridgehead atoms. The summed E-state index contributed by atoms with van der Waals surface area (Å²) in [4.78, 5) is 22.2. The van der Waals surface area contributed by atoms with Crippen LogP contribution in [0, 0.1) is 0 Å². The molecule has 0 aliphatic carbocycles. The predicted molar refractivity (Wildman–Crippen MR) is 79.5 cm³/mol. The standard InChI is InChI=1S/C14H17F3N6O/c1-9(24)21(2)10-3-5-22(6-4-10)12-7-11(14(15,16)17)20-13-18-8-19-23(12)13/h7-8,10H,3-6H2,1-2H3. The molecule has 0 unspecified atom stereocenters. The highest BCUT2D eigenvalue weighted by molar-refractivity contribution is 5.73. The number of piperidine rings is 1. The number of hydrogen-bond donors (Lipinski definition) is 0. The van der Waals surface area contributed by atoms with Crippen LogP contribution in [0.15, 0.2) is 12.4 Å². The summed E-state index contributed by atoms with van der Waals surface area (Å²) in [6.45, 7) is 2.56. The largest absolute Gasteiger partial charge is 0.433 e. The summed E-state index contributed by atoms with van der Waals surface area (Å²) in [5.74, 6) is 0.215. The molecule has 1 aliphatic rings. The van der Waals surface area contributed by atoms with Gasteiger partial charge in [-0.05, 0) is 12.8 Å². The first kappa shape index (κ1) is 16.5. The van der Waals surface area contributed by atoms with E-state index < -0.39 is 11.9 Å². The normalized spacial score (nSPS) is 16.6. The molecule has 7 nitrogen and oxygen atoms in total. The Kier molecular flexibility index (Phi) is 4.06. The van der Waals surface area contributed by atoms with E-state index in [4.69, 9.17) is 0 Å². The number of halogens is 3. The number of carbonyl (C=O) groups excluding carboxylic acids is 1. The minimum atomic E-state index is -4.55. The fourth-order valence-electron chi connectivity index (χ4n) is 2.91. The van der Waals surface area contributed by atoms with Crippen molar-refractivity contribution in [1.29, 1.82) is 0 Å². The van der Waals surface area contributed by atoms with Crippen LogP contribution in [0.3, 0.4) is 0 Å². The first-order valence-electron chi connectivity index (χ1n) is 7.53. The highest BCUT2D eigenvalue weighted by Crippen LogP contribution is 2.31. The number of alkyl halides is 3. The molecule has 0 N–H and O–H groups in total. The van der Waals surface area contributed by atoms with Gasteiger partial charge in [0.1, 0.15) is 12.1 Å². The fourth-order valence-corrected chi connectivity index (χ4v) is 2.91. The highest BCUT2D eigenvalue weighted by atomic mass is 19.4. The summed E-state index contributed by atoms with van der Waals surface area (Å²) < 4.78 is 40.4. The van der Waals surface area contributed by atoms with Crippen LogP contribution < -0.4 is 4.90 Å². The molecule has 0 spiro atoms. The molecule has 0 aromatic carbocycles. The third-order valence-corrected chi connectivity index (χ3v) is 4.36. The maximum atomic E-state index is 13.0. The number of hydrogen-bond acceptors (Lipinski definition) is 5. The van der Waals surface area contributed by atoms with E-state index >= 15 is 0 Å². The lowest BCUT2D eigenvalue weighted by atomic mass is 10.0. The van der Waals surface area contributed by atoms with Gasteiger partial charge in [-0.1, -0.05) is 0 Å². The van der Waals surface area contributed by atoms with Gasteiger partial charge in [-0.25, -0.2) is 4.98 Å². The number of nitrogens with zero attached hydrogens (tertiary/aromatic N) is 6. The molecule has 24 heavy (non-hydrogen) atoms. The third-order valence-electron chi connectivity index (χ3n) is 4.36. The molecule has 1 saturated heterocycles. The van der Waals surface area contributed by atoms with Crippen molar-refractivity contribution in [3.05, 3.63) is 18.1 Å². The van der Waals surface area contributed by atoms with Crippen LogP contribution in [-0.2, 0) is 11.0 Å². The van der Waals surface area contributed by atoms with Gasteiger partial charge in [0.2, 0.25) is 5.91 Å². The molecule has 1 amide bonds. The Morgan fingerprint density at radius 3 is 2.58 bits per heavy atom. The topological polar surface area (TPSA) is 66.6 Å². The van der Waals surface area contributed by atoms with Crippen molar-refractivity contribution in [2.45, 2.75) is 32.0 Å². The SMILES string of the molecule is CC(=O)N(C)C1CCN(c2cc(C(F)(F)F)nc3ncnn23)CC1. The maximum Gasteiger partial charge on any atom is 0.433 e. The molecular formula is C14H17F3N6O.